The Balaban J connectivity index is 1.79. The SMILES string of the molecule is CCCCC/C=C/CC(O)/C=C/c1cccc(CC2CCCC(=O)O2)n1. The highest BCUT2D eigenvalue weighted by atomic mass is 16.5. The summed E-state index contributed by atoms with van der Waals surface area (Å²) in [4.78, 5) is 16.0. The molecule has 1 saturated heterocycles. The molecule has 4 nitrogen and oxygen atoms in total. The van der Waals surface area contributed by atoms with E-state index >= 15 is 0 Å². The molecule has 1 aromatic rings. The van der Waals surface area contributed by atoms with Gasteiger partial charge in [0.25, 0.3) is 0 Å². The highest BCUT2D eigenvalue weighted by Gasteiger charge is 2.20. The first-order chi connectivity index (χ1) is 12.7. The van der Waals surface area contributed by atoms with E-state index in [4.69, 9.17) is 4.74 Å². The van der Waals surface area contributed by atoms with Gasteiger partial charge in [0.15, 0.2) is 0 Å². The number of ether oxygens (including phenoxy) is 1. The number of aromatic nitrogens is 1. The molecule has 0 spiro atoms. The molecule has 2 atom stereocenters. The van der Waals surface area contributed by atoms with Crippen molar-refractivity contribution in [2.24, 2.45) is 0 Å². The predicted molar refractivity (Wildman–Crippen MR) is 105 cm³/mol. The Bertz CT molecular complexity index is 609. The third-order valence-corrected chi connectivity index (χ3v) is 4.48. The van der Waals surface area contributed by atoms with E-state index < -0.39 is 6.10 Å². The van der Waals surface area contributed by atoms with E-state index in [1.54, 1.807) is 6.08 Å². The fourth-order valence-electron chi connectivity index (χ4n) is 3.01. The number of aliphatic hydroxyl groups excluding tert-OH is 1. The summed E-state index contributed by atoms with van der Waals surface area (Å²) in [6.07, 6.45) is 15.6. The second-order valence-electron chi connectivity index (χ2n) is 6.89. The number of hydrogen-bond donors (Lipinski definition) is 1. The number of rotatable bonds is 10. The number of carbonyl (C=O) groups is 1. The summed E-state index contributed by atoms with van der Waals surface area (Å²) in [5, 5.41) is 10.0. The van der Waals surface area contributed by atoms with Crippen molar-refractivity contribution in [3.8, 4) is 0 Å². The minimum Gasteiger partial charge on any atom is -0.462 e. The lowest BCUT2D eigenvalue weighted by Gasteiger charge is -2.21. The van der Waals surface area contributed by atoms with E-state index in [0.717, 1.165) is 30.7 Å². The largest absolute Gasteiger partial charge is 0.462 e. The number of aliphatic hydroxyl groups is 1. The van der Waals surface area contributed by atoms with E-state index in [9.17, 15) is 9.90 Å². The van der Waals surface area contributed by atoms with Gasteiger partial charge in [-0.1, -0.05) is 44.1 Å². The van der Waals surface area contributed by atoms with Crippen LogP contribution in [0.2, 0.25) is 0 Å². The Hall–Kier alpha value is -1.94. The number of carbonyl (C=O) groups excluding carboxylic acids is 1. The average Bonchev–Trinajstić information content (AvgIpc) is 2.63. The third-order valence-electron chi connectivity index (χ3n) is 4.48. The summed E-state index contributed by atoms with van der Waals surface area (Å²) in [7, 11) is 0. The topological polar surface area (TPSA) is 59.4 Å². The number of cyclic esters (lactones) is 1. The van der Waals surface area contributed by atoms with E-state index in [-0.39, 0.29) is 12.1 Å². The van der Waals surface area contributed by atoms with E-state index in [0.29, 0.717) is 19.3 Å². The molecule has 1 N–H and O–H groups in total. The molecule has 26 heavy (non-hydrogen) atoms. The maximum Gasteiger partial charge on any atom is 0.306 e. The van der Waals surface area contributed by atoms with Crippen LogP contribution in [0.15, 0.2) is 36.4 Å². The second kappa shape index (κ2) is 11.6. The summed E-state index contributed by atoms with van der Waals surface area (Å²) in [5.41, 5.74) is 1.73. The molecule has 0 radical (unpaired) electrons. The summed E-state index contributed by atoms with van der Waals surface area (Å²) < 4.78 is 5.36. The van der Waals surface area contributed by atoms with Crippen molar-refractivity contribution in [2.75, 3.05) is 0 Å². The third kappa shape index (κ3) is 7.96. The van der Waals surface area contributed by atoms with Gasteiger partial charge >= 0.3 is 5.97 Å². The molecule has 2 heterocycles. The second-order valence-corrected chi connectivity index (χ2v) is 6.89. The smallest absolute Gasteiger partial charge is 0.306 e. The van der Waals surface area contributed by atoms with Gasteiger partial charge in [0, 0.05) is 18.5 Å². The lowest BCUT2D eigenvalue weighted by atomic mass is 10.0. The van der Waals surface area contributed by atoms with Crippen LogP contribution in [0.25, 0.3) is 6.08 Å². The van der Waals surface area contributed by atoms with Gasteiger partial charge in [-0.25, -0.2) is 0 Å². The lowest BCUT2D eigenvalue weighted by molar-refractivity contribution is -0.153. The molecule has 4 heteroatoms. The summed E-state index contributed by atoms with van der Waals surface area (Å²) in [6, 6.07) is 5.82. The van der Waals surface area contributed by atoms with Gasteiger partial charge in [-0.2, -0.15) is 0 Å². The van der Waals surface area contributed by atoms with E-state index in [2.05, 4.69) is 18.0 Å². The van der Waals surface area contributed by atoms with Crippen molar-refractivity contribution in [2.45, 2.75) is 76.9 Å². The van der Waals surface area contributed by atoms with Gasteiger partial charge in [0.05, 0.1) is 11.8 Å². The van der Waals surface area contributed by atoms with Crippen LogP contribution in [0, 0.1) is 0 Å². The van der Waals surface area contributed by atoms with Crippen LogP contribution in [0.5, 0.6) is 0 Å². The maximum atomic E-state index is 11.4. The molecule has 0 aliphatic carbocycles. The van der Waals surface area contributed by atoms with Crippen molar-refractivity contribution in [3.63, 3.8) is 0 Å². The Kier molecular flexibility index (Phi) is 9.11. The minimum atomic E-state index is -0.498. The van der Waals surface area contributed by atoms with Gasteiger partial charge < -0.3 is 9.84 Å². The highest BCUT2D eigenvalue weighted by molar-refractivity contribution is 5.70. The number of pyridine rings is 1. The van der Waals surface area contributed by atoms with Crippen LogP contribution in [0.1, 0.15) is 69.7 Å². The Morgan fingerprint density at radius 1 is 1.35 bits per heavy atom. The van der Waals surface area contributed by atoms with Gasteiger partial charge in [-0.3, -0.25) is 9.78 Å². The molecule has 1 aromatic heterocycles. The number of allylic oxidation sites excluding steroid dienone is 1. The molecule has 1 fully saturated rings. The van der Waals surface area contributed by atoms with Gasteiger partial charge in [-0.15, -0.1) is 0 Å². The zero-order valence-corrected chi connectivity index (χ0v) is 15.8. The number of unbranched alkanes of at least 4 members (excludes halogenated alkanes) is 3. The van der Waals surface area contributed by atoms with Crippen molar-refractivity contribution in [1.82, 2.24) is 4.98 Å². The first-order valence-corrected chi connectivity index (χ1v) is 9.84. The van der Waals surface area contributed by atoms with Crippen LogP contribution in [-0.4, -0.2) is 28.3 Å². The molecule has 0 saturated carbocycles. The first-order valence-electron chi connectivity index (χ1n) is 9.84. The van der Waals surface area contributed by atoms with Crippen LogP contribution < -0.4 is 0 Å². The molecule has 142 valence electrons. The molecule has 1 aliphatic rings. The van der Waals surface area contributed by atoms with Crippen LogP contribution in [-0.2, 0) is 16.0 Å². The van der Waals surface area contributed by atoms with Crippen LogP contribution >= 0.6 is 0 Å². The number of hydrogen-bond acceptors (Lipinski definition) is 4. The normalized spacial score (nSPS) is 19.2. The molecule has 0 bridgehead atoms. The highest BCUT2D eigenvalue weighted by Crippen LogP contribution is 2.18. The van der Waals surface area contributed by atoms with Gasteiger partial charge in [0.2, 0.25) is 0 Å². The quantitative estimate of drug-likeness (QED) is 0.377. The molecule has 2 rings (SSSR count). The van der Waals surface area contributed by atoms with Crippen molar-refractivity contribution >= 4 is 12.0 Å². The van der Waals surface area contributed by atoms with Crippen LogP contribution in [0.3, 0.4) is 0 Å². The summed E-state index contributed by atoms with van der Waals surface area (Å²) in [5.74, 6) is -0.108. The maximum absolute atomic E-state index is 11.4. The summed E-state index contributed by atoms with van der Waals surface area (Å²) >= 11 is 0. The standard InChI is InChI=1S/C22H31NO3/c1-2-3-4-5-6-7-12-20(24)16-15-18-10-8-11-19(23-18)17-21-13-9-14-22(25)26-21/h6-8,10-11,15-16,20-21,24H,2-5,9,12-14,17H2,1H3/b7-6+,16-15+. The molecular formula is C22H31NO3. The molecule has 1 aliphatic heterocycles. The Morgan fingerprint density at radius 3 is 3.04 bits per heavy atom. The number of esters is 1. The zero-order valence-electron chi connectivity index (χ0n) is 15.8. The van der Waals surface area contributed by atoms with E-state index in [1.165, 1.54) is 19.3 Å². The van der Waals surface area contributed by atoms with Gasteiger partial charge in [-0.05, 0) is 50.3 Å². The van der Waals surface area contributed by atoms with Crippen molar-refractivity contribution in [1.29, 1.82) is 0 Å². The van der Waals surface area contributed by atoms with Crippen molar-refractivity contribution in [3.05, 3.63) is 47.8 Å². The minimum absolute atomic E-state index is 0.0635. The average molecular weight is 357 g/mol. The Labute approximate surface area is 157 Å². The molecule has 2 unspecified atom stereocenters. The zero-order chi connectivity index (χ0) is 18.6. The summed E-state index contributed by atoms with van der Waals surface area (Å²) in [6.45, 7) is 2.20. The monoisotopic (exact) mass is 357 g/mol. The fraction of sp³-hybridized carbons (Fsp3) is 0.545. The van der Waals surface area contributed by atoms with Crippen LogP contribution in [0.4, 0.5) is 0 Å². The lowest BCUT2D eigenvalue weighted by Crippen LogP contribution is -2.25. The Morgan fingerprint density at radius 2 is 2.23 bits per heavy atom. The molecule has 0 amide bonds. The van der Waals surface area contributed by atoms with Crippen molar-refractivity contribution < 1.29 is 14.6 Å². The predicted octanol–water partition coefficient (Wildman–Crippen LogP) is 4.62. The van der Waals surface area contributed by atoms with Gasteiger partial charge in [0.1, 0.15) is 6.10 Å². The number of nitrogens with zero attached hydrogens (tertiary/aromatic N) is 1. The van der Waals surface area contributed by atoms with E-state index in [1.807, 2.05) is 30.4 Å². The first kappa shape index (κ1) is 20.4. The fourth-order valence-corrected chi connectivity index (χ4v) is 3.01. The molecule has 0 aromatic carbocycles. The molecular weight excluding hydrogens is 326 g/mol.